The molecule has 1 amide bonds. The van der Waals surface area contributed by atoms with Crippen LogP contribution in [0.1, 0.15) is 35.7 Å². The van der Waals surface area contributed by atoms with Crippen molar-refractivity contribution < 1.29 is 4.79 Å². The molecule has 7 heteroatoms. The van der Waals surface area contributed by atoms with Crippen LogP contribution in [0.5, 0.6) is 0 Å². The summed E-state index contributed by atoms with van der Waals surface area (Å²) in [7, 11) is 0. The molecule has 4 rings (SSSR count). The second-order valence-corrected chi connectivity index (χ2v) is 9.23. The number of hydrogen-bond donors (Lipinski definition) is 1. The van der Waals surface area contributed by atoms with E-state index in [1.165, 1.54) is 29.7 Å². The number of thiazole rings is 1. The van der Waals surface area contributed by atoms with E-state index < -0.39 is 0 Å². The highest BCUT2D eigenvalue weighted by atomic mass is 35.5. The first-order chi connectivity index (χ1) is 13.5. The van der Waals surface area contributed by atoms with Crippen molar-refractivity contribution >= 4 is 55.8 Å². The molecule has 0 unspecified atom stereocenters. The molecule has 3 aromatic rings. The largest absolute Gasteiger partial charge is 0.299 e. The number of rotatable bonds is 4. The zero-order valence-corrected chi connectivity index (χ0v) is 17.9. The maximum atomic E-state index is 12.5. The molecule has 2 heterocycles. The predicted molar refractivity (Wildman–Crippen MR) is 118 cm³/mol. The number of hydrogen-bond acceptors (Lipinski definition) is 4. The lowest BCUT2D eigenvalue weighted by molar-refractivity contribution is 0.102. The Labute approximate surface area is 178 Å². The molecular weight excluding hydrogens is 413 g/mol. The second kappa shape index (κ2) is 8.37. The van der Waals surface area contributed by atoms with Crippen LogP contribution < -0.4 is 5.32 Å². The first-order valence-corrected chi connectivity index (χ1v) is 10.9. The molecule has 1 aromatic heterocycles. The molecule has 1 aliphatic rings. The Kier molecular flexibility index (Phi) is 5.88. The van der Waals surface area contributed by atoms with Crippen molar-refractivity contribution in [2.75, 3.05) is 18.4 Å². The number of nitrogens with zero attached hydrogens (tertiary/aromatic N) is 2. The second-order valence-electron chi connectivity index (χ2n) is 7.36. The Morgan fingerprint density at radius 3 is 2.79 bits per heavy atom. The minimum Gasteiger partial charge on any atom is -0.299 e. The number of benzene rings is 2. The number of amides is 1. The molecule has 1 N–H and O–H groups in total. The SMILES string of the molecule is CC1CCN(Cc2ccc3nc(NC(=O)c4cc(Cl)ccc4Cl)sc3c2)CC1. The van der Waals surface area contributed by atoms with E-state index in [-0.39, 0.29) is 5.91 Å². The van der Waals surface area contributed by atoms with Crippen LogP contribution >= 0.6 is 34.5 Å². The number of carbonyl (C=O) groups is 1. The van der Waals surface area contributed by atoms with Crippen molar-refractivity contribution in [2.24, 2.45) is 5.92 Å². The molecular formula is C21H21Cl2N3OS. The number of nitrogens with one attached hydrogen (secondary N) is 1. The maximum absolute atomic E-state index is 12.5. The van der Waals surface area contributed by atoms with Gasteiger partial charge in [-0.2, -0.15) is 0 Å². The van der Waals surface area contributed by atoms with Crippen molar-refractivity contribution in [2.45, 2.75) is 26.3 Å². The number of halogens is 2. The van der Waals surface area contributed by atoms with Gasteiger partial charge < -0.3 is 0 Å². The fourth-order valence-corrected chi connectivity index (χ4v) is 4.74. The number of piperidine rings is 1. The predicted octanol–water partition coefficient (Wildman–Crippen LogP) is 6.09. The van der Waals surface area contributed by atoms with Crippen LogP contribution in [0.2, 0.25) is 10.0 Å². The quantitative estimate of drug-likeness (QED) is 0.541. The standard InChI is InChI=1S/C21H21Cl2N3OS/c1-13-6-8-26(9-7-13)12-14-2-5-18-19(10-14)28-21(24-18)25-20(27)16-11-15(22)3-4-17(16)23/h2-5,10-11,13H,6-9,12H2,1H3,(H,24,25,27). The summed E-state index contributed by atoms with van der Waals surface area (Å²) in [6, 6.07) is 11.2. The molecule has 2 aromatic carbocycles. The van der Waals surface area contributed by atoms with Gasteiger partial charge in [0.15, 0.2) is 5.13 Å². The normalized spacial score (nSPS) is 15.8. The van der Waals surface area contributed by atoms with Gasteiger partial charge in [0.05, 0.1) is 20.8 Å². The summed E-state index contributed by atoms with van der Waals surface area (Å²) < 4.78 is 1.07. The number of anilines is 1. The molecule has 1 saturated heterocycles. The number of carbonyl (C=O) groups excluding carboxylic acids is 1. The van der Waals surface area contributed by atoms with Crippen molar-refractivity contribution in [1.29, 1.82) is 0 Å². The molecule has 4 nitrogen and oxygen atoms in total. The topological polar surface area (TPSA) is 45.2 Å². The molecule has 146 valence electrons. The van der Waals surface area contributed by atoms with Crippen LogP contribution in [0.4, 0.5) is 5.13 Å². The lowest BCUT2D eigenvalue weighted by atomic mass is 9.99. The first kappa shape index (κ1) is 19.6. The third kappa shape index (κ3) is 4.49. The minimum atomic E-state index is -0.311. The van der Waals surface area contributed by atoms with Gasteiger partial charge >= 0.3 is 0 Å². The third-order valence-corrected chi connectivity index (χ3v) is 6.63. The fourth-order valence-electron chi connectivity index (χ4n) is 3.44. The van der Waals surface area contributed by atoms with Crippen molar-refractivity contribution in [3.05, 3.63) is 57.6 Å². The summed E-state index contributed by atoms with van der Waals surface area (Å²) in [6.45, 7) is 5.60. The van der Waals surface area contributed by atoms with E-state index in [1.807, 2.05) is 6.07 Å². The van der Waals surface area contributed by atoms with Gasteiger partial charge in [0.25, 0.3) is 5.91 Å². The zero-order valence-electron chi connectivity index (χ0n) is 15.5. The number of aromatic nitrogens is 1. The van der Waals surface area contributed by atoms with E-state index in [2.05, 4.69) is 34.3 Å². The molecule has 1 aliphatic heterocycles. The molecule has 0 bridgehead atoms. The minimum absolute atomic E-state index is 0.311. The summed E-state index contributed by atoms with van der Waals surface area (Å²) in [4.78, 5) is 19.6. The molecule has 0 spiro atoms. The summed E-state index contributed by atoms with van der Waals surface area (Å²) in [6.07, 6.45) is 2.54. The molecule has 28 heavy (non-hydrogen) atoms. The van der Waals surface area contributed by atoms with Crippen LogP contribution in [0.15, 0.2) is 36.4 Å². The van der Waals surface area contributed by atoms with Gasteiger partial charge in [-0.15, -0.1) is 0 Å². The van der Waals surface area contributed by atoms with Gasteiger partial charge in [0, 0.05) is 11.6 Å². The Balaban J connectivity index is 1.48. The smallest absolute Gasteiger partial charge is 0.259 e. The van der Waals surface area contributed by atoms with E-state index in [4.69, 9.17) is 23.2 Å². The van der Waals surface area contributed by atoms with Gasteiger partial charge in [-0.05, 0) is 67.7 Å². The highest BCUT2D eigenvalue weighted by molar-refractivity contribution is 7.22. The van der Waals surface area contributed by atoms with Crippen molar-refractivity contribution in [1.82, 2.24) is 9.88 Å². The van der Waals surface area contributed by atoms with Gasteiger partial charge in [-0.3, -0.25) is 15.0 Å². The lowest BCUT2D eigenvalue weighted by Gasteiger charge is -2.30. The lowest BCUT2D eigenvalue weighted by Crippen LogP contribution is -2.32. The molecule has 1 fully saturated rings. The van der Waals surface area contributed by atoms with Crippen LogP contribution in [0.3, 0.4) is 0 Å². The Morgan fingerprint density at radius 1 is 1.21 bits per heavy atom. The van der Waals surface area contributed by atoms with Crippen LogP contribution in [-0.2, 0) is 6.54 Å². The maximum Gasteiger partial charge on any atom is 0.259 e. The van der Waals surface area contributed by atoms with Crippen LogP contribution in [0, 0.1) is 5.92 Å². The van der Waals surface area contributed by atoms with Gasteiger partial charge in [0.1, 0.15) is 0 Å². The first-order valence-electron chi connectivity index (χ1n) is 9.36. The zero-order chi connectivity index (χ0) is 19.7. The number of fused-ring (bicyclic) bond motifs is 1. The Morgan fingerprint density at radius 2 is 2.00 bits per heavy atom. The van der Waals surface area contributed by atoms with Crippen LogP contribution in [-0.4, -0.2) is 28.9 Å². The average Bonchev–Trinajstić information content (AvgIpc) is 3.07. The van der Waals surface area contributed by atoms with E-state index in [9.17, 15) is 4.79 Å². The van der Waals surface area contributed by atoms with E-state index in [0.717, 1.165) is 35.8 Å². The highest BCUT2D eigenvalue weighted by Crippen LogP contribution is 2.29. The third-order valence-electron chi connectivity index (χ3n) is 5.13. The fraction of sp³-hybridized carbons (Fsp3) is 0.333. The molecule has 0 radical (unpaired) electrons. The van der Waals surface area contributed by atoms with E-state index in [1.54, 1.807) is 18.2 Å². The van der Waals surface area contributed by atoms with Gasteiger partial charge in [-0.1, -0.05) is 47.5 Å². The van der Waals surface area contributed by atoms with E-state index >= 15 is 0 Å². The summed E-state index contributed by atoms with van der Waals surface area (Å²) in [5.74, 6) is 0.522. The summed E-state index contributed by atoms with van der Waals surface area (Å²) in [5.41, 5.74) is 2.50. The number of likely N-dealkylation sites (tertiary alicyclic amines) is 1. The van der Waals surface area contributed by atoms with Crippen molar-refractivity contribution in [3.8, 4) is 0 Å². The highest BCUT2D eigenvalue weighted by Gasteiger charge is 2.17. The van der Waals surface area contributed by atoms with Crippen LogP contribution in [0.25, 0.3) is 10.2 Å². The molecule has 0 atom stereocenters. The molecule has 0 aliphatic carbocycles. The summed E-state index contributed by atoms with van der Waals surface area (Å²) in [5, 5.41) is 4.22. The van der Waals surface area contributed by atoms with Gasteiger partial charge in [0.2, 0.25) is 0 Å². The monoisotopic (exact) mass is 433 g/mol. The summed E-state index contributed by atoms with van der Waals surface area (Å²) >= 11 is 13.6. The molecule has 0 saturated carbocycles. The Bertz CT molecular complexity index is 1010. The Hall–Kier alpha value is -1.66. The van der Waals surface area contributed by atoms with Gasteiger partial charge in [-0.25, -0.2) is 4.98 Å². The van der Waals surface area contributed by atoms with Crippen molar-refractivity contribution in [3.63, 3.8) is 0 Å². The van der Waals surface area contributed by atoms with E-state index in [0.29, 0.717) is 20.7 Å². The average molecular weight is 434 g/mol.